The van der Waals surface area contributed by atoms with E-state index in [1.165, 1.54) is 7.11 Å². The van der Waals surface area contributed by atoms with E-state index in [0.29, 0.717) is 6.42 Å². The predicted octanol–water partition coefficient (Wildman–Crippen LogP) is 0.836. The van der Waals surface area contributed by atoms with Gasteiger partial charge in [-0.3, -0.25) is 14.4 Å². The Morgan fingerprint density at radius 2 is 1.96 bits per heavy atom. The summed E-state index contributed by atoms with van der Waals surface area (Å²) in [5, 5.41) is 0. The quantitative estimate of drug-likeness (QED) is 0.558. The molecule has 0 aliphatic carbocycles. The van der Waals surface area contributed by atoms with Crippen LogP contribution in [0.2, 0.25) is 0 Å². The van der Waals surface area contributed by atoms with Crippen molar-refractivity contribution in [1.29, 1.82) is 0 Å². The Morgan fingerprint density at radius 1 is 1.30 bits per heavy atom. The van der Waals surface area contributed by atoms with Crippen LogP contribution in [-0.4, -0.2) is 49.4 Å². The number of rotatable bonds is 4. The molecule has 0 N–H and O–H groups in total. The van der Waals surface area contributed by atoms with Crippen molar-refractivity contribution in [1.82, 2.24) is 0 Å². The molecule has 0 saturated carbocycles. The highest BCUT2D eigenvalue weighted by Gasteiger charge is 2.77. The van der Waals surface area contributed by atoms with E-state index in [4.69, 9.17) is 18.9 Å². The van der Waals surface area contributed by atoms with Gasteiger partial charge >= 0.3 is 17.9 Å². The fourth-order valence-electron chi connectivity index (χ4n) is 3.69. The third kappa shape index (κ3) is 1.95. The molecular weight excluding hydrogens is 304 g/mol. The van der Waals surface area contributed by atoms with Gasteiger partial charge in [-0.15, -0.1) is 0 Å². The van der Waals surface area contributed by atoms with Crippen LogP contribution in [0.15, 0.2) is 0 Å². The minimum atomic E-state index is -1.20. The van der Waals surface area contributed by atoms with Crippen molar-refractivity contribution in [3.05, 3.63) is 0 Å². The summed E-state index contributed by atoms with van der Waals surface area (Å²) >= 11 is 0. The molecule has 0 amide bonds. The molecule has 0 spiro atoms. The molecule has 0 aromatic rings. The number of carbonyl (C=O) groups excluding carboxylic acids is 3. The predicted molar refractivity (Wildman–Crippen MR) is 76.1 cm³/mol. The first kappa shape index (κ1) is 16.2. The van der Waals surface area contributed by atoms with Crippen LogP contribution in [0.5, 0.6) is 0 Å². The second kappa shape index (κ2) is 4.93. The van der Waals surface area contributed by atoms with Crippen LogP contribution in [0.3, 0.4) is 0 Å². The Bertz CT molecular complexity index is 569. The van der Waals surface area contributed by atoms with E-state index < -0.39 is 59.1 Å². The molecule has 3 rings (SSSR count). The number of esters is 3. The van der Waals surface area contributed by atoms with Crippen LogP contribution in [0, 0.1) is 16.7 Å². The minimum Gasteiger partial charge on any atom is -0.469 e. The number of fused-ring (bicyclic) bond motifs is 1. The number of hydrogen-bond acceptors (Lipinski definition) is 7. The van der Waals surface area contributed by atoms with Crippen LogP contribution < -0.4 is 0 Å². The number of methoxy groups -OCH3 is 1. The third-order valence-corrected chi connectivity index (χ3v) is 5.63. The van der Waals surface area contributed by atoms with Gasteiger partial charge in [-0.05, 0) is 27.2 Å². The maximum Gasteiger partial charge on any atom is 0.315 e. The van der Waals surface area contributed by atoms with E-state index in [2.05, 4.69) is 0 Å². The van der Waals surface area contributed by atoms with Crippen LogP contribution in [0.4, 0.5) is 0 Å². The number of hydrogen-bond donors (Lipinski definition) is 0. The summed E-state index contributed by atoms with van der Waals surface area (Å²) in [7, 11) is 1.26. The SMILES string of the molecule is CCC(C)(C)C(=O)OC1C2OC(=O)C3C2OC1C3(C)C(=O)OC. The van der Waals surface area contributed by atoms with E-state index >= 15 is 0 Å². The molecule has 0 radical (unpaired) electrons. The van der Waals surface area contributed by atoms with E-state index in [1.807, 2.05) is 6.92 Å². The average molecular weight is 326 g/mol. The summed E-state index contributed by atoms with van der Waals surface area (Å²) in [5.74, 6) is -2.15. The van der Waals surface area contributed by atoms with Crippen molar-refractivity contribution in [3.63, 3.8) is 0 Å². The fraction of sp³-hybridized carbons (Fsp3) is 0.812. The topological polar surface area (TPSA) is 88.1 Å². The van der Waals surface area contributed by atoms with Crippen LogP contribution in [0.25, 0.3) is 0 Å². The van der Waals surface area contributed by atoms with Gasteiger partial charge in [0.25, 0.3) is 0 Å². The summed E-state index contributed by atoms with van der Waals surface area (Å²) in [6.45, 7) is 7.07. The van der Waals surface area contributed by atoms with Crippen molar-refractivity contribution >= 4 is 17.9 Å². The fourth-order valence-corrected chi connectivity index (χ4v) is 3.69. The van der Waals surface area contributed by atoms with Gasteiger partial charge in [-0.2, -0.15) is 0 Å². The Kier molecular flexibility index (Phi) is 3.48. The van der Waals surface area contributed by atoms with Crippen molar-refractivity contribution in [2.45, 2.75) is 58.5 Å². The van der Waals surface area contributed by atoms with E-state index in [1.54, 1.807) is 20.8 Å². The molecular formula is C16H22O7. The van der Waals surface area contributed by atoms with Crippen LogP contribution >= 0.6 is 0 Å². The molecule has 0 aromatic heterocycles. The Balaban J connectivity index is 1.91. The third-order valence-electron chi connectivity index (χ3n) is 5.63. The van der Waals surface area contributed by atoms with Crippen molar-refractivity contribution in [3.8, 4) is 0 Å². The monoisotopic (exact) mass is 326 g/mol. The van der Waals surface area contributed by atoms with Gasteiger partial charge in [0.2, 0.25) is 0 Å². The highest BCUT2D eigenvalue weighted by Crippen LogP contribution is 2.58. The lowest BCUT2D eigenvalue weighted by Crippen LogP contribution is -2.55. The molecule has 3 fully saturated rings. The van der Waals surface area contributed by atoms with Gasteiger partial charge in [0, 0.05) is 0 Å². The molecule has 3 heterocycles. The van der Waals surface area contributed by atoms with Gasteiger partial charge in [0.05, 0.1) is 12.5 Å². The van der Waals surface area contributed by atoms with Gasteiger partial charge in [0.15, 0.2) is 12.2 Å². The zero-order chi connectivity index (χ0) is 17.2. The zero-order valence-electron chi connectivity index (χ0n) is 14.0. The zero-order valence-corrected chi connectivity index (χ0v) is 14.0. The largest absolute Gasteiger partial charge is 0.469 e. The maximum atomic E-state index is 12.4. The lowest BCUT2D eigenvalue weighted by Gasteiger charge is -2.35. The molecule has 23 heavy (non-hydrogen) atoms. The van der Waals surface area contributed by atoms with Gasteiger partial charge in [-0.25, -0.2) is 0 Å². The van der Waals surface area contributed by atoms with E-state index in [0.717, 1.165) is 0 Å². The Hall–Kier alpha value is -1.63. The lowest BCUT2D eigenvalue weighted by atomic mass is 9.67. The standard InChI is InChI=1S/C16H22O7/c1-6-15(2,3)13(18)23-10-9-8-7(12(17)22-9)16(4,11(10)21-8)14(19)20-5/h7-11H,6H2,1-5H3. The van der Waals surface area contributed by atoms with Crippen LogP contribution in [0.1, 0.15) is 34.1 Å². The molecule has 3 saturated heterocycles. The molecule has 6 unspecified atom stereocenters. The molecule has 0 aromatic carbocycles. The minimum absolute atomic E-state index is 0.395. The summed E-state index contributed by atoms with van der Waals surface area (Å²) in [6.07, 6.45) is -2.14. The highest BCUT2D eigenvalue weighted by atomic mass is 16.7. The first-order valence-electron chi connectivity index (χ1n) is 7.84. The Morgan fingerprint density at radius 3 is 2.52 bits per heavy atom. The van der Waals surface area contributed by atoms with Gasteiger partial charge in [-0.1, -0.05) is 6.92 Å². The molecule has 128 valence electrons. The van der Waals surface area contributed by atoms with E-state index in [9.17, 15) is 14.4 Å². The van der Waals surface area contributed by atoms with Crippen molar-refractivity contribution < 1.29 is 33.3 Å². The summed E-state index contributed by atoms with van der Waals surface area (Å²) in [4.78, 5) is 36.9. The smallest absolute Gasteiger partial charge is 0.315 e. The summed E-state index contributed by atoms with van der Waals surface area (Å²) in [6, 6.07) is 0. The molecule has 2 bridgehead atoms. The lowest BCUT2D eigenvalue weighted by molar-refractivity contribution is -0.175. The van der Waals surface area contributed by atoms with Gasteiger partial charge in [0.1, 0.15) is 23.5 Å². The molecule has 7 heteroatoms. The molecule has 3 aliphatic heterocycles. The van der Waals surface area contributed by atoms with E-state index in [-0.39, 0.29) is 0 Å². The number of ether oxygens (including phenoxy) is 4. The normalized spacial score (nSPS) is 40.9. The Labute approximate surface area is 134 Å². The molecule has 7 nitrogen and oxygen atoms in total. The maximum absolute atomic E-state index is 12.4. The second-order valence-corrected chi connectivity index (χ2v) is 7.28. The van der Waals surface area contributed by atoms with Crippen LogP contribution in [-0.2, 0) is 33.3 Å². The first-order chi connectivity index (χ1) is 10.7. The summed E-state index contributed by atoms with van der Waals surface area (Å²) in [5.41, 5.74) is -1.86. The highest BCUT2D eigenvalue weighted by molar-refractivity contribution is 5.89. The second-order valence-electron chi connectivity index (χ2n) is 7.28. The first-order valence-corrected chi connectivity index (χ1v) is 7.84. The van der Waals surface area contributed by atoms with Gasteiger partial charge < -0.3 is 18.9 Å². The summed E-state index contributed by atoms with van der Waals surface area (Å²) < 4.78 is 21.6. The molecule has 3 aliphatic rings. The van der Waals surface area contributed by atoms with Crippen molar-refractivity contribution in [2.75, 3.05) is 7.11 Å². The average Bonchev–Trinajstić information content (AvgIpc) is 3.09. The number of carbonyl (C=O) groups is 3. The molecule has 6 atom stereocenters. The van der Waals surface area contributed by atoms with Crippen molar-refractivity contribution in [2.24, 2.45) is 16.7 Å².